The van der Waals surface area contributed by atoms with Crippen LogP contribution in [0, 0.1) is 5.92 Å². The van der Waals surface area contributed by atoms with E-state index in [-0.39, 0.29) is 17.7 Å². The van der Waals surface area contributed by atoms with E-state index in [9.17, 15) is 8.78 Å². The average molecular weight is 287 g/mol. The number of benzene rings is 1. The number of nitrogens with one attached hydrogen (secondary N) is 1. The van der Waals surface area contributed by atoms with Crippen LogP contribution in [0.1, 0.15) is 31.9 Å². The molecule has 20 heavy (non-hydrogen) atoms. The minimum atomic E-state index is -2.81. The highest BCUT2D eigenvalue weighted by atomic mass is 19.3. The highest BCUT2D eigenvalue weighted by Crippen LogP contribution is 2.32. The lowest BCUT2D eigenvalue weighted by atomic mass is 9.91. The first-order chi connectivity index (χ1) is 9.60. The van der Waals surface area contributed by atoms with Crippen LogP contribution in [0.5, 0.6) is 5.75 Å². The van der Waals surface area contributed by atoms with Crippen molar-refractivity contribution in [2.45, 2.75) is 32.9 Å². The van der Waals surface area contributed by atoms with Crippen LogP contribution in [-0.4, -0.2) is 26.9 Å². The second-order valence-corrected chi connectivity index (χ2v) is 4.71. The van der Waals surface area contributed by atoms with E-state index in [1.165, 1.54) is 0 Å². The molecule has 0 radical (unpaired) electrons. The lowest BCUT2D eigenvalue weighted by Gasteiger charge is -2.27. The van der Waals surface area contributed by atoms with Gasteiger partial charge in [-0.3, -0.25) is 0 Å². The smallest absolute Gasteiger partial charge is 0.387 e. The van der Waals surface area contributed by atoms with Gasteiger partial charge in [-0.25, -0.2) is 0 Å². The van der Waals surface area contributed by atoms with Gasteiger partial charge in [0.1, 0.15) is 5.75 Å². The summed E-state index contributed by atoms with van der Waals surface area (Å²) in [7, 11) is 1.66. The topological polar surface area (TPSA) is 30.5 Å². The van der Waals surface area contributed by atoms with E-state index in [2.05, 4.69) is 17.0 Å². The number of hydrogen-bond acceptors (Lipinski definition) is 3. The standard InChI is InChI=1S/C15H23F2NO2/c1-4-18-14(11(2)9-10-19-3)12-7-5-6-8-13(12)20-15(16)17/h5-8,11,14-15,18H,4,9-10H2,1-3H3. The van der Waals surface area contributed by atoms with Crippen molar-refractivity contribution >= 4 is 0 Å². The van der Waals surface area contributed by atoms with Gasteiger partial charge in [0.15, 0.2) is 0 Å². The molecule has 2 unspecified atom stereocenters. The zero-order valence-corrected chi connectivity index (χ0v) is 12.2. The fraction of sp³-hybridized carbons (Fsp3) is 0.600. The lowest BCUT2D eigenvalue weighted by Crippen LogP contribution is -2.28. The Balaban J connectivity index is 2.95. The molecule has 0 spiro atoms. The van der Waals surface area contributed by atoms with Crippen LogP contribution in [0.4, 0.5) is 8.78 Å². The van der Waals surface area contributed by atoms with Crippen molar-refractivity contribution in [3.63, 3.8) is 0 Å². The molecule has 0 saturated heterocycles. The molecule has 114 valence electrons. The number of ether oxygens (including phenoxy) is 2. The third kappa shape index (κ3) is 5.06. The summed E-state index contributed by atoms with van der Waals surface area (Å²) in [5, 5.41) is 3.34. The van der Waals surface area contributed by atoms with E-state index >= 15 is 0 Å². The van der Waals surface area contributed by atoms with Gasteiger partial charge in [0.2, 0.25) is 0 Å². The Kier molecular flexibility index (Phi) is 7.47. The fourth-order valence-electron chi connectivity index (χ4n) is 2.25. The van der Waals surface area contributed by atoms with Crippen molar-refractivity contribution in [1.82, 2.24) is 5.32 Å². The molecule has 1 aromatic carbocycles. The van der Waals surface area contributed by atoms with Gasteiger partial charge in [-0.2, -0.15) is 8.78 Å². The van der Waals surface area contributed by atoms with Crippen molar-refractivity contribution in [3.05, 3.63) is 29.8 Å². The number of alkyl halides is 2. The summed E-state index contributed by atoms with van der Waals surface area (Å²) < 4.78 is 34.7. The first kappa shape index (κ1) is 16.9. The summed E-state index contributed by atoms with van der Waals surface area (Å²) in [5.41, 5.74) is 0.762. The summed E-state index contributed by atoms with van der Waals surface area (Å²) >= 11 is 0. The predicted molar refractivity (Wildman–Crippen MR) is 75.1 cm³/mol. The average Bonchev–Trinajstić information content (AvgIpc) is 2.42. The van der Waals surface area contributed by atoms with E-state index in [0.717, 1.165) is 18.5 Å². The van der Waals surface area contributed by atoms with E-state index in [4.69, 9.17) is 4.74 Å². The molecule has 1 rings (SSSR count). The Hall–Kier alpha value is -1.20. The molecule has 1 N–H and O–H groups in total. The van der Waals surface area contributed by atoms with Crippen LogP contribution in [0.2, 0.25) is 0 Å². The van der Waals surface area contributed by atoms with E-state index < -0.39 is 6.61 Å². The van der Waals surface area contributed by atoms with Crippen LogP contribution in [0.3, 0.4) is 0 Å². The Morgan fingerprint density at radius 2 is 1.95 bits per heavy atom. The monoisotopic (exact) mass is 287 g/mol. The molecule has 0 bridgehead atoms. The Labute approximate surface area is 119 Å². The molecule has 0 aliphatic heterocycles. The Morgan fingerprint density at radius 3 is 2.55 bits per heavy atom. The molecular weight excluding hydrogens is 264 g/mol. The SMILES string of the molecule is CCNC(c1ccccc1OC(F)F)C(C)CCOC. The third-order valence-corrected chi connectivity index (χ3v) is 3.24. The van der Waals surface area contributed by atoms with Gasteiger partial charge in [-0.15, -0.1) is 0 Å². The largest absolute Gasteiger partial charge is 0.434 e. The number of rotatable bonds is 9. The fourth-order valence-corrected chi connectivity index (χ4v) is 2.25. The number of methoxy groups -OCH3 is 1. The molecule has 5 heteroatoms. The zero-order valence-electron chi connectivity index (χ0n) is 12.2. The molecule has 0 saturated carbocycles. The Morgan fingerprint density at radius 1 is 1.25 bits per heavy atom. The minimum Gasteiger partial charge on any atom is -0.434 e. The zero-order chi connectivity index (χ0) is 15.0. The quantitative estimate of drug-likeness (QED) is 0.752. The number of halogens is 2. The first-order valence-corrected chi connectivity index (χ1v) is 6.86. The van der Waals surface area contributed by atoms with Crippen LogP contribution >= 0.6 is 0 Å². The highest BCUT2D eigenvalue weighted by Gasteiger charge is 2.22. The van der Waals surface area contributed by atoms with Crippen molar-refractivity contribution in [1.29, 1.82) is 0 Å². The lowest BCUT2D eigenvalue weighted by molar-refractivity contribution is -0.0509. The third-order valence-electron chi connectivity index (χ3n) is 3.24. The van der Waals surface area contributed by atoms with Gasteiger partial charge in [0.25, 0.3) is 0 Å². The maximum absolute atomic E-state index is 12.5. The molecule has 0 fully saturated rings. The van der Waals surface area contributed by atoms with E-state index in [0.29, 0.717) is 6.61 Å². The molecule has 0 heterocycles. The molecular formula is C15H23F2NO2. The normalized spacial score (nSPS) is 14.3. The predicted octanol–water partition coefficient (Wildman–Crippen LogP) is 3.61. The van der Waals surface area contributed by atoms with Gasteiger partial charge in [0.05, 0.1) is 0 Å². The van der Waals surface area contributed by atoms with Crippen molar-refractivity contribution in [3.8, 4) is 5.75 Å². The van der Waals surface area contributed by atoms with E-state index in [1.807, 2.05) is 19.1 Å². The van der Waals surface area contributed by atoms with Crippen LogP contribution < -0.4 is 10.1 Å². The summed E-state index contributed by atoms with van der Waals surface area (Å²) in [6, 6.07) is 6.90. The molecule has 0 aliphatic carbocycles. The summed E-state index contributed by atoms with van der Waals surface area (Å²) in [4.78, 5) is 0. The second kappa shape index (κ2) is 8.87. The minimum absolute atomic E-state index is 0.0369. The molecule has 1 aromatic rings. The van der Waals surface area contributed by atoms with Crippen LogP contribution in [0.15, 0.2) is 24.3 Å². The van der Waals surface area contributed by atoms with Crippen molar-refractivity contribution in [2.24, 2.45) is 5.92 Å². The van der Waals surface area contributed by atoms with Gasteiger partial charge in [0, 0.05) is 25.3 Å². The molecule has 0 aliphatic rings. The van der Waals surface area contributed by atoms with Gasteiger partial charge >= 0.3 is 6.61 Å². The molecule has 2 atom stereocenters. The summed E-state index contributed by atoms with van der Waals surface area (Å²) in [6.07, 6.45) is 0.844. The number of hydrogen-bond donors (Lipinski definition) is 1. The summed E-state index contributed by atoms with van der Waals surface area (Å²) in [6.45, 7) is 2.65. The second-order valence-electron chi connectivity index (χ2n) is 4.71. The highest BCUT2D eigenvalue weighted by molar-refractivity contribution is 5.36. The van der Waals surface area contributed by atoms with Crippen molar-refractivity contribution in [2.75, 3.05) is 20.3 Å². The first-order valence-electron chi connectivity index (χ1n) is 6.86. The molecule has 0 aromatic heterocycles. The van der Waals surface area contributed by atoms with Gasteiger partial charge < -0.3 is 14.8 Å². The van der Waals surface area contributed by atoms with Gasteiger partial charge in [-0.1, -0.05) is 32.0 Å². The summed E-state index contributed by atoms with van der Waals surface area (Å²) in [5.74, 6) is 0.482. The maximum Gasteiger partial charge on any atom is 0.387 e. The maximum atomic E-state index is 12.5. The Bertz CT molecular complexity index is 388. The molecule has 3 nitrogen and oxygen atoms in total. The number of para-hydroxylation sites is 1. The van der Waals surface area contributed by atoms with E-state index in [1.54, 1.807) is 19.2 Å². The molecule has 0 amide bonds. The van der Waals surface area contributed by atoms with Gasteiger partial charge in [-0.05, 0) is 24.9 Å². The van der Waals surface area contributed by atoms with Crippen LogP contribution in [-0.2, 0) is 4.74 Å². The van der Waals surface area contributed by atoms with Crippen molar-refractivity contribution < 1.29 is 18.3 Å². The van der Waals surface area contributed by atoms with Crippen LogP contribution in [0.25, 0.3) is 0 Å².